The van der Waals surface area contributed by atoms with Crippen molar-refractivity contribution in [3.8, 4) is 0 Å². The van der Waals surface area contributed by atoms with Crippen LogP contribution in [-0.4, -0.2) is 105 Å². The molecule has 2 heterocycles. The molecular weight excluding hydrogens is 420 g/mol. The Morgan fingerprint density at radius 2 is 1.33 bits per heavy atom. The van der Waals surface area contributed by atoms with Crippen molar-refractivity contribution in [1.82, 2.24) is 4.90 Å². The van der Waals surface area contributed by atoms with Gasteiger partial charge in [-0.25, -0.2) is 0 Å². The molecule has 0 aromatic heterocycles. The van der Waals surface area contributed by atoms with E-state index >= 15 is 0 Å². The van der Waals surface area contributed by atoms with E-state index in [4.69, 9.17) is 35.0 Å². The summed E-state index contributed by atoms with van der Waals surface area (Å²) in [6.07, 6.45) is -0.254. The number of hydrogen-bond donors (Lipinski definition) is 6. The topological polar surface area (TPSA) is 280 Å². The molecule has 0 amide bonds. The second kappa shape index (κ2) is 14.8. The molecule has 0 spiro atoms. The fourth-order valence-corrected chi connectivity index (χ4v) is 2.14. The Morgan fingerprint density at radius 1 is 1.03 bits per heavy atom. The molecule has 2 fully saturated rings. The molecule has 8 N–H and O–H groups in total. The molecule has 0 saturated carbocycles. The average molecular weight is 439 g/mol. The number of carboxylic acids is 2. The van der Waals surface area contributed by atoms with Crippen LogP contribution in [0.4, 0.5) is 4.79 Å². The van der Waals surface area contributed by atoms with Crippen LogP contribution in [0.25, 0.3) is 0 Å². The van der Waals surface area contributed by atoms with Gasteiger partial charge in [0.25, 0.3) is 5.87 Å². The van der Waals surface area contributed by atoms with E-state index in [1.807, 2.05) is 0 Å². The van der Waals surface area contributed by atoms with E-state index in [2.05, 4.69) is 16.0 Å². The third-order valence-corrected chi connectivity index (χ3v) is 3.01. The molecule has 2 aliphatic rings. The Balaban J connectivity index is -0.000000385. The third-order valence-electron chi connectivity index (χ3n) is 3.01. The fraction of sp³-hybridized carbons (Fsp3) is 0.417. The van der Waals surface area contributed by atoms with Crippen molar-refractivity contribution in [3.63, 3.8) is 0 Å². The van der Waals surface area contributed by atoms with E-state index in [9.17, 15) is 24.0 Å². The van der Waals surface area contributed by atoms with Crippen LogP contribution >= 0.6 is 0 Å². The predicted octanol–water partition coefficient (Wildman–Crippen LogP) is -4.13. The first-order valence-electron chi connectivity index (χ1n) is 7.33. The first-order chi connectivity index (χ1) is 13.3. The number of nitrogens with zero attached hydrogens (tertiary/aromatic N) is 1. The number of fused-ring (bicyclic) bond motifs is 1. The molecule has 0 unspecified atom stereocenters. The zero-order chi connectivity index (χ0) is 23.4. The minimum atomic E-state index is -2.81. The van der Waals surface area contributed by atoms with Crippen molar-refractivity contribution in [2.24, 2.45) is 0 Å². The van der Waals surface area contributed by atoms with Crippen molar-refractivity contribution >= 4 is 43.6 Å². The summed E-state index contributed by atoms with van der Waals surface area (Å²) in [4.78, 5) is 53.4. The summed E-state index contributed by atoms with van der Waals surface area (Å²) in [6, 6.07) is 0. The summed E-state index contributed by atoms with van der Waals surface area (Å²) in [7, 11) is -0.734. The van der Waals surface area contributed by atoms with Crippen LogP contribution in [0.5, 0.6) is 0 Å². The number of hydrogen-bond acceptors (Lipinski definition) is 11. The van der Waals surface area contributed by atoms with E-state index in [0.717, 1.165) is 0 Å². The van der Waals surface area contributed by atoms with Crippen LogP contribution in [0.2, 0.25) is 0 Å². The van der Waals surface area contributed by atoms with Gasteiger partial charge in [0.1, 0.15) is 12.8 Å². The monoisotopic (exact) mass is 439 g/mol. The standard InChI is InChI=1S/C6H5BO6.C5H9NO4.CO.BH3O3.H2O/c8-4-1-3-2-5(9)13-7(3,12-4)6(10)11;1-6(2-4(7)8)3-5(9)10;1-2;2-1(3)4;/h1-2H2,(H,10,11);2-3H2,1H3,(H,7,8)(H,9,10);;2-4H;1H2. The van der Waals surface area contributed by atoms with Gasteiger partial charge in [-0.2, -0.15) is 0 Å². The Hall–Kier alpha value is -3.11. The van der Waals surface area contributed by atoms with Crippen LogP contribution < -0.4 is 0 Å². The summed E-state index contributed by atoms with van der Waals surface area (Å²) in [6.45, 7) is 1.20. The average Bonchev–Trinajstić information content (AvgIpc) is 2.99. The summed E-state index contributed by atoms with van der Waals surface area (Å²) in [5.41, 5.74) is 0. The number of rotatable bonds is 5. The SMILES string of the molecule is CN(CC(=O)O)CC(=O)O.O.O=C1C[C+]2CC(=O)O[B-]2(C(=O)O)O1.OB(O)O.[C-]#[O+]. The predicted molar refractivity (Wildman–Crippen MR) is 91.2 cm³/mol. The summed E-state index contributed by atoms with van der Waals surface area (Å²) < 4.78 is 16.6. The maximum atomic E-state index is 10.8. The van der Waals surface area contributed by atoms with Gasteiger partial charge in [0.2, 0.25) is 0 Å². The molecule has 2 rings (SSSR count). The summed E-state index contributed by atoms with van der Waals surface area (Å²) in [5.74, 6) is -4.50. The quantitative estimate of drug-likeness (QED) is 0.135. The number of carbonyl (C=O) groups excluding carboxylic acids is 2. The maximum absolute atomic E-state index is 10.8. The summed E-state index contributed by atoms with van der Waals surface area (Å²) >= 11 is 0. The third kappa shape index (κ3) is 11.7. The minimum absolute atomic E-state index is 0. The molecular formula is C12H19B2NO15. The van der Waals surface area contributed by atoms with Crippen molar-refractivity contribution in [1.29, 1.82) is 0 Å². The zero-order valence-electron chi connectivity index (χ0n) is 15.4. The van der Waals surface area contributed by atoms with E-state index in [0.29, 0.717) is 0 Å². The van der Waals surface area contributed by atoms with Gasteiger partial charge in [-0.3, -0.25) is 28.9 Å². The Kier molecular flexibility index (Phi) is 15.6. The van der Waals surface area contributed by atoms with E-state index in [1.54, 1.807) is 0 Å². The number of likely N-dealkylation sites (N-methyl/N-ethyl adjacent to an activating group) is 1. The Labute approximate surface area is 168 Å². The van der Waals surface area contributed by atoms with Crippen molar-refractivity contribution in [2.45, 2.75) is 12.8 Å². The van der Waals surface area contributed by atoms with Crippen molar-refractivity contribution in [2.75, 3.05) is 20.1 Å². The van der Waals surface area contributed by atoms with E-state index < -0.39 is 43.6 Å². The molecule has 0 bridgehead atoms. The number of aliphatic carboxylic acids is 2. The molecule has 0 aromatic rings. The van der Waals surface area contributed by atoms with Gasteiger partial charge in [-0.05, 0) is 7.05 Å². The molecule has 0 radical (unpaired) electrons. The van der Waals surface area contributed by atoms with Gasteiger partial charge in [-0.15, -0.1) is 0 Å². The van der Waals surface area contributed by atoms with Gasteiger partial charge in [0.15, 0.2) is 0 Å². The fourth-order valence-electron chi connectivity index (χ4n) is 2.14. The second-order valence-electron chi connectivity index (χ2n) is 5.35. The van der Waals surface area contributed by atoms with Gasteiger partial charge < -0.3 is 45.2 Å². The zero-order valence-corrected chi connectivity index (χ0v) is 15.4. The van der Waals surface area contributed by atoms with E-state index in [-0.39, 0.29) is 37.2 Å². The van der Waals surface area contributed by atoms with Crippen LogP contribution in [0.1, 0.15) is 12.8 Å². The van der Waals surface area contributed by atoms with Gasteiger partial charge in [-0.1, -0.05) is 0 Å². The first kappa shape index (κ1) is 31.6. The van der Waals surface area contributed by atoms with Crippen molar-refractivity contribution < 1.29 is 73.8 Å². The Bertz CT molecular complexity index is 598. The molecule has 0 atom stereocenters. The molecule has 2 aliphatic heterocycles. The van der Waals surface area contributed by atoms with Gasteiger partial charge in [0, 0.05) is 5.82 Å². The number of carboxylic acid groups (broad SMARTS) is 3. The molecule has 18 heteroatoms. The first-order valence-corrected chi connectivity index (χ1v) is 7.33. The molecule has 0 aliphatic carbocycles. The van der Waals surface area contributed by atoms with Gasteiger partial charge >= 0.3 is 49.1 Å². The molecule has 2 saturated heterocycles. The molecule has 16 nitrogen and oxygen atoms in total. The van der Waals surface area contributed by atoms with Gasteiger partial charge in [0.05, 0.1) is 13.1 Å². The van der Waals surface area contributed by atoms with Crippen molar-refractivity contribution in [3.05, 3.63) is 12.5 Å². The van der Waals surface area contributed by atoms with Crippen LogP contribution in [0.3, 0.4) is 0 Å². The van der Waals surface area contributed by atoms with E-state index in [1.165, 1.54) is 11.9 Å². The van der Waals surface area contributed by atoms with Crippen LogP contribution in [0.15, 0.2) is 0 Å². The normalized spacial score (nSPS) is 14.6. The van der Waals surface area contributed by atoms with Crippen LogP contribution in [-0.2, 0) is 33.1 Å². The molecule has 30 heavy (non-hydrogen) atoms. The Morgan fingerprint density at radius 3 is 1.53 bits per heavy atom. The molecule has 168 valence electrons. The summed E-state index contributed by atoms with van der Waals surface area (Å²) in [5, 5.41) is 46.6. The second-order valence-corrected chi connectivity index (χ2v) is 5.35. The number of carbonyl (C=O) groups is 5. The van der Waals surface area contributed by atoms with Crippen LogP contribution in [0, 0.1) is 12.5 Å². The molecule has 0 aromatic carbocycles.